The van der Waals surface area contributed by atoms with Gasteiger partial charge in [-0.15, -0.1) is 0 Å². The Labute approximate surface area is 128 Å². The second-order valence-electron chi connectivity index (χ2n) is 5.96. The highest BCUT2D eigenvalue weighted by atomic mass is 32.2. The molecular weight excluding hydrogens is 284 g/mol. The lowest BCUT2D eigenvalue weighted by molar-refractivity contribution is 0.202. The predicted molar refractivity (Wildman–Crippen MR) is 85.5 cm³/mol. The molecule has 2 atom stereocenters. The summed E-state index contributed by atoms with van der Waals surface area (Å²) in [5.41, 5.74) is 7.81. The number of sulfonamides is 1. The number of benzene rings is 1. The van der Waals surface area contributed by atoms with Crippen LogP contribution < -0.4 is 5.73 Å². The van der Waals surface area contributed by atoms with Crippen LogP contribution in [0.25, 0.3) is 0 Å². The number of rotatable bonds is 4. The van der Waals surface area contributed by atoms with Gasteiger partial charge in [0, 0.05) is 19.1 Å². The molecular formula is C16H26N2O2S. The minimum Gasteiger partial charge on any atom is -0.326 e. The van der Waals surface area contributed by atoms with Crippen LogP contribution in [0.3, 0.4) is 0 Å². The van der Waals surface area contributed by atoms with Crippen LogP contribution in [0.4, 0.5) is 0 Å². The van der Waals surface area contributed by atoms with Crippen LogP contribution >= 0.6 is 0 Å². The summed E-state index contributed by atoms with van der Waals surface area (Å²) in [7, 11) is -3.42. The number of aryl methyl sites for hydroxylation is 1. The Morgan fingerprint density at radius 3 is 2.62 bits per heavy atom. The summed E-state index contributed by atoms with van der Waals surface area (Å²) in [4.78, 5) is 0.376. The largest absolute Gasteiger partial charge is 0.326 e. The standard InChI is InChI=1S/C16H26N2O2S/c1-4-14-7-8-16(10-15(14)11-17)21(19,20)18-9-5-6-12(2)13(18)3/h7-8,10,12-13H,4-6,9,11,17H2,1-3H3. The summed E-state index contributed by atoms with van der Waals surface area (Å²) in [6.07, 6.45) is 2.89. The lowest BCUT2D eigenvalue weighted by Gasteiger charge is -2.36. The zero-order chi connectivity index (χ0) is 15.6. The van der Waals surface area contributed by atoms with Crippen LogP contribution in [-0.2, 0) is 23.0 Å². The molecule has 0 aromatic heterocycles. The Morgan fingerprint density at radius 1 is 1.29 bits per heavy atom. The maximum atomic E-state index is 12.9. The molecule has 2 unspecified atom stereocenters. The van der Waals surface area contributed by atoms with Crippen molar-refractivity contribution in [1.29, 1.82) is 0 Å². The van der Waals surface area contributed by atoms with Crippen LogP contribution in [0.2, 0.25) is 0 Å². The first-order valence-electron chi connectivity index (χ1n) is 7.75. The number of hydrogen-bond donors (Lipinski definition) is 1. The average Bonchev–Trinajstić information content (AvgIpc) is 2.49. The van der Waals surface area contributed by atoms with Gasteiger partial charge in [0.25, 0.3) is 0 Å². The highest BCUT2D eigenvalue weighted by molar-refractivity contribution is 7.89. The third kappa shape index (κ3) is 3.15. The first-order valence-corrected chi connectivity index (χ1v) is 9.19. The van der Waals surface area contributed by atoms with Gasteiger partial charge < -0.3 is 5.73 Å². The van der Waals surface area contributed by atoms with E-state index in [2.05, 4.69) is 13.8 Å². The topological polar surface area (TPSA) is 63.4 Å². The third-order valence-electron chi connectivity index (χ3n) is 4.70. The molecule has 1 saturated heterocycles. The van der Waals surface area contributed by atoms with Crippen LogP contribution in [0.1, 0.15) is 44.7 Å². The normalized spacial score (nSPS) is 24.2. The molecule has 5 heteroatoms. The van der Waals surface area contributed by atoms with Gasteiger partial charge in [0.1, 0.15) is 0 Å². The summed E-state index contributed by atoms with van der Waals surface area (Å²) in [5.74, 6) is 0.400. The summed E-state index contributed by atoms with van der Waals surface area (Å²) < 4.78 is 27.4. The van der Waals surface area contributed by atoms with Crippen molar-refractivity contribution in [2.45, 2.75) is 57.5 Å². The van der Waals surface area contributed by atoms with Crippen molar-refractivity contribution < 1.29 is 8.42 Å². The van der Waals surface area contributed by atoms with E-state index < -0.39 is 10.0 Å². The number of nitrogens with two attached hydrogens (primary N) is 1. The Morgan fingerprint density at radius 2 is 2.00 bits per heavy atom. The lowest BCUT2D eigenvalue weighted by atomic mass is 9.94. The van der Waals surface area contributed by atoms with Gasteiger partial charge in [-0.3, -0.25) is 0 Å². The maximum Gasteiger partial charge on any atom is 0.243 e. The second kappa shape index (κ2) is 6.46. The van der Waals surface area contributed by atoms with Crippen molar-refractivity contribution in [3.63, 3.8) is 0 Å². The maximum absolute atomic E-state index is 12.9. The molecule has 0 amide bonds. The van der Waals surface area contributed by atoms with Crippen molar-refractivity contribution in [1.82, 2.24) is 4.31 Å². The van der Waals surface area contributed by atoms with E-state index in [4.69, 9.17) is 5.73 Å². The Hall–Kier alpha value is -0.910. The molecule has 0 bridgehead atoms. The van der Waals surface area contributed by atoms with Gasteiger partial charge in [0.05, 0.1) is 4.90 Å². The average molecular weight is 310 g/mol. The number of nitrogens with zero attached hydrogens (tertiary/aromatic N) is 1. The third-order valence-corrected chi connectivity index (χ3v) is 6.68. The lowest BCUT2D eigenvalue weighted by Crippen LogP contribution is -2.45. The first-order chi connectivity index (χ1) is 9.91. The molecule has 118 valence electrons. The smallest absolute Gasteiger partial charge is 0.243 e. The number of piperidine rings is 1. The molecule has 2 rings (SSSR count). The van der Waals surface area contributed by atoms with E-state index in [1.165, 1.54) is 0 Å². The van der Waals surface area contributed by atoms with Gasteiger partial charge in [-0.05, 0) is 55.4 Å². The Balaban J connectivity index is 2.39. The molecule has 1 aromatic carbocycles. The first kappa shape index (κ1) is 16.5. The van der Waals surface area contributed by atoms with Crippen LogP contribution in [0.15, 0.2) is 23.1 Å². The van der Waals surface area contributed by atoms with Crippen molar-refractivity contribution in [2.24, 2.45) is 11.7 Å². The van der Waals surface area contributed by atoms with Crippen molar-refractivity contribution >= 4 is 10.0 Å². The number of hydrogen-bond acceptors (Lipinski definition) is 3. The highest BCUT2D eigenvalue weighted by Gasteiger charge is 2.34. The van der Waals surface area contributed by atoms with E-state index in [0.29, 0.717) is 23.9 Å². The molecule has 4 nitrogen and oxygen atoms in total. The van der Waals surface area contributed by atoms with Gasteiger partial charge in [0.15, 0.2) is 0 Å². The fourth-order valence-electron chi connectivity index (χ4n) is 3.07. The molecule has 0 saturated carbocycles. The van der Waals surface area contributed by atoms with Gasteiger partial charge >= 0.3 is 0 Å². The molecule has 1 aliphatic heterocycles. The summed E-state index contributed by atoms with van der Waals surface area (Å²) in [6, 6.07) is 5.42. The van der Waals surface area contributed by atoms with Crippen LogP contribution in [0, 0.1) is 5.92 Å². The van der Waals surface area contributed by atoms with Gasteiger partial charge in [-0.1, -0.05) is 19.9 Å². The highest BCUT2D eigenvalue weighted by Crippen LogP contribution is 2.29. The van der Waals surface area contributed by atoms with Crippen molar-refractivity contribution in [2.75, 3.05) is 6.54 Å². The summed E-state index contributed by atoms with van der Waals surface area (Å²) in [6.45, 7) is 7.17. The minimum atomic E-state index is -3.42. The van der Waals surface area contributed by atoms with E-state index >= 15 is 0 Å². The zero-order valence-corrected chi connectivity index (χ0v) is 14.0. The van der Waals surface area contributed by atoms with Gasteiger partial charge in [0.2, 0.25) is 10.0 Å². The zero-order valence-electron chi connectivity index (χ0n) is 13.2. The van der Waals surface area contributed by atoms with Gasteiger partial charge in [-0.25, -0.2) is 8.42 Å². The molecule has 0 spiro atoms. The SMILES string of the molecule is CCc1ccc(S(=O)(=O)N2CCCC(C)C2C)cc1CN. The quantitative estimate of drug-likeness (QED) is 0.929. The van der Waals surface area contributed by atoms with E-state index in [-0.39, 0.29) is 6.04 Å². The van der Waals surface area contributed by atoms with Crippen LogP contribution in [-0.4, -0.2) is 25.3 Å². The fourth-order valence-corrected chi connectivity index (χ4v) is 4.89. The van der Waals surface area contributed by atoms with Gasteiger partial charge in [-0.2, -0.15) is 4.31 Å². The van der Waals surface area contributed by atoms with E-state index in [1.807, 2.05) is 13.0 Å². The molecule has 1 aliphatic rings. The molecule has 21 heavy (non-hydrogen) atoms. The molecule has 2 N–H and O–H groups in total. The van der Waals surface area contributed by atoms with Crippen LogP contribution in [0.5, 0.6) is 0 Å². The minimum absolute atomic E-state index is 0.0518. The summed E-state index contributed by atoms with van der Waals surface area (Å²) in [5, 5.41) is 0. The molecule has 1 fully saturated rings. The predicted octanol–water partition coefficient (Wildman–Crippen LogP) is 2.52. The fraction of sp³-hybridized carbons (Fsp3) is 0.625. The molecule has 0 radical (unpaired) electrons. The van der Waals surface area contributed by atoms with Crippen molar-refractivity contribution in [3.8, 4) is 0 Å². The Kier molecular flexibility index (Phi) is 5.07. The van der Waals surface area contributed by atoms with E-state index in [0.717, 1.165) is 30.4 Å². The van der Waals surface area contributed by atoms with E-state index in [9.17, 15) is 8.42 Å². The summed E-state index contributed by atoms with van der Waals surface area (Å²) >= 11 is 0. The van der Waals surface area contributed by atoms with E-state index in [1.54, 1.807) is 16.4 Å². The monoisotopic (exact) mass is 310 g/mol. The second-order valence-corrected chi connectivity index (χ2v) is 7.85. The molecule has 1 heterocycles. The Bertz CT molecular complexity index is 598. The molecule has 0 aliphatic carbocycles. The van der Waals surface area contributed by atoms with Crippen molar-refractivity contribution in [3.05, 3.63) is 29.3 Å². The molecule has 1 aromatic rings.